The van der Waals surface area contributed by atoms with E-state index in [4.69, 9.17) is 9.15 Å². The zero-order chi connectivity index (χ0) is 18.9. The quantitative estimate of drug-likeness (QED) is 0.740. The van der Waals surface area contributed by atoms with Gasteiger partial charge in [0.25, 0.3) is 0 Å². The van der Waals surface area contributed by atoms with E-state index in [1.165, 1.54) is 12.8 Å². The smallest absolute Gasteiger partial charge is 0.319 e. The molecular weight excluding hydrogens is 342 g/mol. The number of furan rings is 1. The molecule has 0 saturated carbocycles. The maximum Gasteiger partial charge on any atom is 0.319 e. The van der Waals surface area contributed by atoms with Gasteiger partial charge in [-0.15, -0.1) is 0 Å². The third-order valence-corrected chi connectivity index (χ3v) is 4.95. The molecule has 6 heteroatoms. The van der Waals surface area contributed by atoms with Crippen molar-refractivity contribution in [3.63, 3.8) is 0 Å². The van der Waals surface area contributed by atoms with Gasteiger partial charge in [-0.25, -0.2) is 4.79 Å². The molecule has 0 radical (unpaired) electrons. The molecule has 1 aromatic carbocycles. The number of nitrogens with zero attached hydrogens (tertiary/aromatic N) is 1. The van der Waals surface area contributed by atoms with Gasteiger partial charge >= 0.3 is 6.03 Å². The van der Waals surface area contributed by atoms with Gasteiger partial charge in [0.1, 0.15) is 12.4 Å². The van der Waals surface area contributed by atoms with Gasteiger partial charge < -0.3 is 24.7 Å². The lowest BCUT2D eigenvalue weighted by Gasteiger charge is -2.28. The predicted octanol–water partition coefficient (Wildman–Crippen LogP) is 3.85. The van der Waals surface area contributed by atoms with Crippen LogP contribution in [0.3, 0.4) is 0 Å². The summed E-state index contributed by atoms with van der Waals surface area (Å²) in [6, 6.07) is 11.3. The van der Waals surface area contributed by atoms with Gasteiger partial charge in [-0.3, -0.25) is 0 Å². The fraction of sp³-hybridized carbons (Fsp3) is 0.476. The molecule has 27 heavy (non-hydrogen) atoms. The average molecular weight is 371 g/mol. The highest BCUT2D eigenvalue weighted by molar-refractivity contribution is 5.89. The summed E-state index contributed by atoms with van der Waals surface area (Å²) in [6.07, 6.45) is 5.12. The van der Waals surface area contributed by atoms with Crippen LogP contribution in [0.25, 0.3) is 0 Å². The van der Waals surface area contributed by atoms with Crippen molar-refractivity contribution in [2.45, 2.75) is 32.5 Å². The number of benzene rings is 1. The van der Waals surface area contributed by atoms with Crippen LogP contribution in [0.4, 0.5) is 10.5 Å². The summed E-state index contributed by atoms with van der Waals surface area (Å²) < 4.78 is 10.9. The Morgan fingerprint density at radius 1 is 1.22 bits per heavy atom. The number of urea groups is 1. The minimum atomic E-state index is -0.156. The van der Waals surface area contributed by atoms with Crippen LogP contribution in [0.15, 0.2) is 47.1 Å². The third-order valence-electron chi connectivity index (χ3n) is 4.95. The highest BCUT2D eigenvalue weighted by Gasteiger charge is 2.16. The predicted molar refractivity (Wildman–Crippen MR) is 106 cm³/mol. The molecule has 0 bridgehead atoms. The second-order valence-corrected chi connectivity index (χ2v) is 7.19. The van der Waals surface area contributed by atoms with Crippen LogP contribution in [-0.4, -0.2) is 37.6 Å². The Kier molecular flexibility index (Phi) is 7.30. The van der Waals surface area contributed by atoms with Crippen molar-refractivity contribution in [1.82, 2.24) is 10.2 Å². The van der Waals surface area contributed by atoms with Gasteiger partial charge in [0, 0.05) is 12.2 Å². The second-order valence-electron chi connectivity index (χ2n) is 7.19. The lowest BCUT2D eigenvalue weighted by molar-refractivity contribution is 0.0930. The molecule has 0 aliphatic carbocycles. The van der Waals surface area contributed by atoms with Crippen molar-refractivity contribution in [2.75, 3.05) is 32.0 Å². The molecule has 2 aromatic rings. The van der Waals surface area contributed by atoms with Crippen molar-refractivity contribution in [3.05, 3.63) is 54.0 Å². The minimum Gasteiger partial charge on any atom is -0.467 e. The normalized spacial score (nSPS) is 15.6. The molecule has 0 spiro atoms. The summed E-state index contributed by atoms with van der Waals surface area (Å²) in [4.78, 5) is 14.5. The van der Waals surface area contributed by atoms with Crippen molar-refractivity contribution in [2.24, 2.45) is 5.92 Å². The zero-order valence-corrected chi connectivity index (χ0v) is 15.9. The summed E-state index contributed by atoms with van der Waals surface area (Å²) in [5.74, 6) is 1.52. The summed E-state index contributed by atoms with van der Waals surface area (Å²) in [5.41, 5.74) is 1.77. The van der Waals surface area contributed by atoms with E-state index in [-0.39, 0.29) is 6.03 Å². The van der Waals surface area contributed by atoms with Crippen molar-refractivity contribution in [3.8, 4) is 0 Å². The summed E-state index contributed by atoms with van der Waals surface area (Å²) >= 11 is 0. The molecule has 2 amide bonds. The first-order valence-corrected chi connectivity index (χ1v) is 9.61. The van der Waals surface area contributed by atoms with Crippen LogP contribution < -0.4 is 10.6 Å². The Morgan fingerprint density at radius 3 is 2.85 bits per heavy atom. The Labute approximate surface area is 160 Å². The van der Waals surface area contributed by atoms with Crippen LogP contribution in [0.1, 0.15) is 30.6 Å². The topological polar surface area (TPSA) is 66.7 Å². The molecule has 6 nitrogen and oxygen atoms in total. The van der Waals surface area contributed by atoms with Gasteiger partial charge in [-0.2, -0.15) is 0 Å². The fourth-order valence-corrected chi connectivity index (χ4v) is 3.32. The first kappa shape index (κ1) is 19.5. The van der Waals surface area contributed by atoms with Crippen LogP contribution in [0, 0.1) is 5.92 Å². The second kappa shape index (κ2) is 10.1. The van der Waals surface area contributed by atoms with Crippen LogP contribution >= 0.6 is 0 Å². The molecule has 1 aliphatic rings. The van der Waals surface area contributed by atoms with Crippen molar-refractivity contribution < 1.29 is 13.9 Å². The lowest BCUT2D eigenvalue weighted by Crippen LogP contribution is -2.34. The third kappa shape index (κ3) is 6.73. The van der Waals surface area contributed by atoms with Gasteiger partial charge in [0.2, 0.25) is 0 Å². The first-order chi connectivity index (χ1) is 13.2. The largest absolute Gasteiger partial charge is 0.467 e. The lowest BCUT2D eigenvalue weighted by atomic mass is 9.94. The molecule has 0 atom stereocenters. The van der Waals surface area contributed by atoms with E-state index in [0.717, 1.165) is 42.4 Å². The summed E-state index contributed by atoms with van der Waals surface area (Å²) in [7, 11) is 2.16. The van der Waals surface area contributed by atoms with E-state index < -0.39 is 0 Å². The molecule has 1 fully saturated rings. The maximum atomic E-state index is 12.1. The first-order valence-electron chi connectivity index (χ1n) is 9.61. The molecule has 1 aromatic heterocycles. The molecule has 3 rings (SSSR count). The number of anilines is 1. The number of rotatable bonds is 8. The number of piperidine rings is 1. The number of amides is 2. The Balaban J connectivity index is 1.36. The molecule has 1 aliphatic heterocycles. The van der Waals surface area contributed by atoms with Crippen molar-refractivity contribution in [1.29, 1.82) is 0 Å². The monoisotopic (exact) mass is 371 g/mol. The zero-order valence-electron chi connectivity index (χ0n) is 15.9. The molecule has 146 valence electrons. The van der Waals surface area contributed by atoms with E-state index in [1.54, 1.807) is 6.26 Å². The SMILES string of the molecule is CN1CCC(CCNC(=O)Nc2cccc(COCc3ccco3)c2)CC1. The average Bonchev–Trinajstić information content (AvgIpc) is 3.17. The number of carbonyl (C=O) groups excluding carboxylic acids is 1. The molecule has 2 N–H and O–H groups in total. The molecule has 2 heterocycles. The number of ether oxygens (including phenoxy) is 1. The molecule has 0 unspecified atom stereocenters. The Morgan fingerprint density at radius 2 is 2.07 bits per heavy atom. The number of nitrogens with one attached hydrogen (secondary N) is 2. The van der Waals surface area contributed by atoms with Crippen LogP contribution in [0.5, 0.6) is 0 Å². The minimum absolute atomic E-state index is 0.156. The fourth-order valence-electron chi connectivity index (χ4n) is 3.32. The number of carbonyl (C=O) groups is 1. The van der Waals surface area contributed by atoms with Crippen LogP contribution in [0.2, 0.25) is 0 Å². The standard InChI is InChI=1S/C21H29N3O3/c1-24-11-8-17(9-12-24)7-10-22-21(25)23-19-5-2-4-18(14-19)15-26-16-20-6-3-13-27-20/h2-6,13-14,17H,7-12,15-16H2,1H3,(H2,22,23,25). The van der Waals surface area contributed by atoms with E-state index >= 15 is 0 Å². The number of hydrogen-bond acceptors (Lipinski definition) is 4. The Bertz CT molecular complexity index is 694. The number of likely N-dealkylation sites (tertiary alicyclic amines) is 1. The van der Waals surface area contributed by atoms with E-state index in [1.807, 2.05) is 36.4 Å². The summed E-state index contributed by atoms with van der Waals surface area (Å²) in [6.45, 7) is 3.93. The molecular formula is C21H29N3O3. The van der Waals surface area contributed by atoms with Crippen LogP contribution in [-0.2, 0) is 18.0 Å². The van der Waals surface area contributed by atoms with Crippen molar-refractivity contribution >= 4 is 11.7 Å². The van der Waals surface area contributed by atoms with E-state index in [2.05, 4.69) is 22.6 Å². The number of hydrogen-bond donors (Lipinski definition) is 2. The van der Waals surface area contributed by atoms with Gasteiger partial charge in [-0.1, -0.05) is 12.1 Å². The Hall–Kier alpha value is -2.31. The highest BCUT2D eigenvalue weighted by atomic mass is 16.5. The maximum absolute atomic E-state index is 12.1. The van der Waals surface area contributed by atoms with E-state index in [0.29, 0.717) is 19.8 Å². The van der Waals surface area contributed by atoms with E-state index in [9.17, 15) is 4.79 Å². The molecule has 1 saturated heterocycles. The highest BCUT2D eigenvalue weighted by Crippen LogP contribution is 2.18. The summed E-state index contributed by atoms with van der Waals surface area (Å²) in [5, 5.41) is 5.86. The van der Waals surface area contributed by atoms with Gasteiger partial charge in [0.05, 0.1) is 12.9 Å². The van der Waals surface area contributed by atoms with Gasteiger partial charge in [0.15, 0.2) is 0 Å². The van der Waals surface area contributed by atoms with Gasteiger partial charge in [-0.05, 0) is 75.1 Å².